The standard InChI is InChI=1S/C16H12ClN5O3/c1-23-14-5-3-2-4-11(14)16-18-15(25-20-16)9-24-22-13-8-10(17)6-7-12(13)19-21-22/h2-8H,9H2,1H3. The fraction of sp³-hybridized carbons (Fsp3) is 0.125. The zero-order valence-corrected chi connectivity index (χ0v) is 13.8. The molecule has 2 aromatic heterocycles. The van der Waals surface area contributed by atoms with Crippen molar-refractivity contribution in [2.24, 2.45) is 0 Å². The molecule has 0 N–H and O–H groups in total. The third kappa shape index (κ3) is 2.99. The summed E-state index contributed by atoms with van der Waals surface area (Å²) in [6.07, 6.45) is 0. The number of para-hydroxylation sites is 1. The number of fused-ring (bicyclic) bond motifs is 1. The van der Waals surface area contributed by atoms with Crippen LogP contribution in [0.15, 0.2) is 47.0 Å². The van der Waals surface area contributed by atoms with Crippen molar-refractivity contribution in [3.8, 4) is 17.1 Å². The minimum atomic E-state index is 0.0348. The van der Waals surface area contributed by atoms with E-state index < -0.39 is 0 Å². The highest BCUT2D eigenvalue weighted by Crippen LogP contribution is 2.27. The van der Waals surface area contributed by atoms with E-state index >= 15 is 0 Å². The Morgan fingerprint density at radius 3 is 2.96 bits per heavy atom. The number of ether oxygens (including phenoxy) is 1. The van der Waals surface area contributed by atoms with Crippen molar-refractivity contribution < 1.29 is 14.1 Å². The van der Waals surface area contributed by atoms with Crippen LogP contribution in [0.25, 0.3) is 22.4 Å². The quantitative estimate of drug-likeness (QED) is 0.542. The largest absolute Gasteiger partial charge is 0.496 e. The highest BCUT2D eigenvalue weighted by atomic mass is 35.5. The average Bonchev–Trinajstić information content (AvgIpc) is 3.26. The van der Waals surface area contributed by atoms with Crippen LogP contribution in [0, 0.1) is 0 Å². The van der Waals surface area contributed by atoms with E-state index in [1.807, 2.05) is 24.3 Å². The molecule has 9 heteroatoms. The molecule has 0 radical (unpaired) electrons. The van der Waals surface area contributed by atoms with E-state index in [1.54, 1.807) is 25.3 Å². The Bertz CT molecular complexity index is 1030. The summed E-state index contributed by atoms with van der Waals surface area (Å²) in [4.78, 5) is 11.2. The van der Waals surface area contributed by atoms with E-state index in [0.29, 0.717) is 33.5 Å². The van der Waals surface area contributed by atoms with Gasteiger partial charge in [-0.15, -0.1) is 5.10 Å². The zero-order chi connectivity index (χ0) is 17.2. The van der Waals surface area contributed by atoms with E-state index in [-0.39, 0.29) is 6.61 Å². The van der Waals surface area contributed by atoms with Gasteiger partial charge >= 0.3 is 0 Å². The first-order valence-corrected chi connectivity index (χ1v) is 7.72. The van der Waals surface area contributed by atoms with E-state index in [9.17, 15) is 0 Å². The minimum absolute atomic E-state index is 0.0348. The molecule has 0 aliphatic heterocycles. The molecule has 25 heavy (non-hydrogen) atoms. The summed E-state index contributed by atoms with van der Waals surface area (Å²) >= 11 is 5.99. The molecular weight excluding hydrogens is 346 g/mol. The molecule has 2 aromatic carbocycles. The first kappa shape index (κ1) is 15.4. The predicted octanol–water partition coefficient (Wildman–Crippen LogP) is 2.77. The Hall–Kier alpha value is -3.13. The number of hydrogen-bond acceptors (Lipinski definition) is 7. The topological polar surface area (TPSA) is 88.1 Å². The molecule has 0 bridgehead atoms. The Morgan fingerprint density at radius 2 is 2.08 bits per heavy atom. The molecule has 0 aliphatic rings. The van der Waals surface area contributed by atoms with Crippen molar-refractivity contribution in [2.45, 2.75) is 6.61 Å². The summed E-state index contributed by atoms with van der Waals surface area (Å²) in [5.41, 5.74) is 2.06. The van der Waals surface area contributed by atoms with Crippen LogP contribution in [0.2, 0.25) is 5.02 Å². The summed E-state index contributed by atoms with van der Waals surface area (Å²) in [6, 6.07) is 12.6. The fourth-order valence-electron chi connectivity index (χ4n) is 2.34. The van der Waals surface area contributed by atoms with Crippen LogP contribution in [0.4, 0.5) is 0 Å². The minimum Gasteiger partial charge on any atom is -0.496 e. The fourth-order valence-corrected chi connectivity index (χ4v) is 2.50. The monoisotopic (exact) mass is 357 g/mol. The lowest BCUT2D eigenvalue weighted by Crippen LogP contribution is -2.13. The van der Waals surface area contributed by atoms with Gasteiger partial charge in [-0.1, -0.05) is 33.7 Å². The predicted molar refractivity (Wildman–Crippen MR) is 89.1 cm³/mol. The third-order valence-electron chi connectivity index (χ3n) is 3.50. The maximum Gasteiger partial charge on any atom is 0.267 e. The van der Waals surface area contributed by atoms with Crippen LogP contribution in [0.5, 0.6) is 5.75 Å². The van der Waals surface area contributed by atoms with Gasteiger partial charge in [0.15, 0.2) is 6.61 Å². The summed E-state index contributed by atoms with van der Waals surface area (Å²) in [7, 11) is 1.59. The molecule has 0 unspecified atom stereocenters. The van der Waals surface area contributed by atoms with Crippen LogP contribution >= 0.6 is 11.6 Å². The molecule has 4 rings (SSSR count). The molecule has 2 heterocycles. The van der Waals surface area contributed by atoms with Crippen molar-refractivity contribution in [2.75, 3.05) is 7.11 Å². The van der Waals surface area contributed by atoms with Gasteiger partial charge in [-0.3, -0.25) is 0 Å². The number of nitrogens with zero attached hydrogens (tertiary/aromatic N) is 5. The highest BCUT2D eigenvalue weighted by molar-refractivity contribution is 6.31. The van der Waals surface area contributed by atoms with Crippen molar-refractivity contribution in [1.29, 1.82) is 0 Å². The molecule has 0 spiro atoms. The molecule has 4 aromatic rings. The molecule has 0 saturated carbocycles. The lowest BCUT2D eigenvalue weighted by atomic mass is 10.2. The number of benzene rings is 2. The number of methoxy groups -OCH3 is 1. The molecule has 0 fully saturated rings. The number of halogens is 1. The van der Waals surface area contributed by atoms with Gasteiger partial charge in [0.1, 0.15) is 16.8 Å². The van der Waals surface area contributed by atoms with Gasteiger partial charge in [0.05, 0.1) is 12.7 Å². The number of rotatable bonds is 5. The average molecular weight is 358 g/mol. The molecule has 8 nitrogen and oxygen atoms in total. The maximum absolute atomic E-state index is 5.99. The Balaban J connectivity index is 1.54. The second-order valence-corrected chi connectivity index (χ2v) is 5.52. The van der Waals surface area contributed by atoms with E-state index in [2.05, 4.69) is 20.5 Å². The Morgan fingerprint density at radius 1 is 1.20 bits per heavy atom. The normalized spacial score (nSPS) is 11.0. The molecule has 0 atom stereocenters. The summed E-state index contributed by atoms with van der Waals surface area (Å²) in [6.45, 7) is 0.0348. The van der Waals surface area contributed by atoms with Crippen LogP contribution < -0.4 is 9.57 Å². The second-order valence-electron chi connectivity index (χ2n) is 5.08. The van der Waals surface area contributed by atoms with Crippen molar-refractivity contribution in [3.63, 3.8) is 0 Å². The van der Waals surface area contributed by atoms with Gasteiger partial charge in [0.25, 0.3) is 5.89 Å². The molecular formula is C16H12ClN5O3. The van der Waals surface area contributed by atoms with Crippen molar-refractivity contribution in [1.82, 2.24) is 25.3 Å². The maximum atomic E-state index is 5.99. The zero-order valence-electron chi connectivity index (χ0n) is 13.1. The molecule has 0 saturated heterocycles. The van der Waals surface area contributed by atoms with Crippen LogP contribution in [-0.2, 0) is 6.61 Å². The van der Waals surface area contributed by atoms with Gasteiger partial charge in [0, 0.05) is 5.02 Å². The third-order valence-corrected chi connectivity index (χ3v) is 3.74. The first-order valence-electron chi connectivity index (χ1n) is 7.35. The van der Waals surface area contributed by atoms with Crippen molar-refractivity contribution >= 4 is 22.6 Å². The Kier molecular flexibility index (Phi) is 3.95. The lowest BCUT2D eigenvalue weighted by Gasteiger charge is -2.03. The van der Waals surface area contributed by atoms with Gasteiger partial charge in [-0.05, 0) is 35.5 Å². The van der Waals surface area contributed by atoms with Crippen LogP contribution in [-0.4, -0.2) is 32.4 Å². The molecule has 0 amide bonds. The summed E-state index contributed by atoms with van der Waals surface area (Å²) in [5.74, 6) is 1.38. The highest BCUT2D eigenvalue weighted by Gasteiger charge is 2.14. The first-order chi connectivity index (χ1) is 12.2. The summed E-state index contributed by atoms with van der Waals surface area (Å²) < 4.78 is 10.5. The number of hydrogen-bond donors (Lipinski definition) is 0. The molecule has 0 aliphatic carbocycles. The SMILES string of the molecule is COc1ccccc1-c1noc(COn2nnc3ccc(Cl)cc32)n1. The number of aromatic nitrogens is 5. The smallest absolute Gasteiger partial charge is 0.267 e. The van der Waals surface area contributed by atoms with E-state index in [4.69, 9.17) is 25.7 Å². The molecule has 126 valence electrons. The summed E-state index contributed by atoms with van der Waals surface area (Å²) in [5, 5.41) is 12.4. The second kappa shape index (κ2) is 6.40. The van der Waals surface area contributed by atoms with Crippen LogP contribution in [0.1, 0.15) is 5.89 Å². The Labute approximate surface area is 146 Å². The van der Waals surface area contributed by atoms with Gasteiger partial charge in [-0.25, -0.2) is 0 Å². The van der Waals surface area contributed by atoms with Gasteiger partial charge < -0.3 is 14.1 Å². The van der Waals surface area contributed by atoms with E-state index in [0.717, 1.165) is 5.56 Å². The van der Waals surface area contributed by atoms with E-state index in [1.165, 1.54) is 4.85 Å². The van der Waals surface area contributed by atoms with Crippen molar-refractivity contribution in [3.05, 3.63) is 53.4 Å². The van der Waals surface area contributed by atoms with Gasteiger partial charge in [-0.2, -0.15) is 4.98 Å². The van der Waals surface area contributed by atoms with Crippen LogP contribution in [0.3, 0.4) is 0 Å². The van der Waals surface area contributed by atoms with Gasteiger partial charge in [0.2, 0.25) is 5.82 Å². The lowest BCUT2D eigenvalue weighted by molar-refractivity contribution is 0.0583.